The number of hydrogen-bond donors (Lipinski definition) is 0. The van der Waals surface area contributed by atoms with Crippen LogP contribution in [-0.2, 0) is 4.74 Å². The number of rotatable bonds is 5. The van der Waals surface area contributed by atoms with Crippen molar-refractivity contribution in [2.24, 2.45) is 0 Å². The van der Waals surface area contributed by atoms with Crippen molar-refractivity contribution in [3.8, 4) is 0 Å². The summed E-state index contributed by atoms with van der Waals surface area (Å²) in [4.78, 5) is 24.8. The highest BCUT2D eigenvalue weighted by Crippen LogP contribution is 2.34. The van der Waals surface area contributed by atoms with Crippen LogP contribution in [0.3, 0.4) is 0 Å². The van der Waals surface area contributed by atoms with E-state index in [9.17, 15) is 9.59 Å². The normalized spacial score (nSPS) is 10.5. The van der Waals surface area contributed by atoms with Gasteiger partial charge >= 0.3 is 5.97 Å². The molecule has 0 heterocycles. The Hall–Kier alpha value is -2.07. The average molecular weight is 314 g/mol. The number of benzene rings is 2. The van der Waals surface area contributed by atoms with E-state index in [0.29, 0.717) is 17.0 Å². The van der Waals surface area contributed by atoms with Crippen LogP contribution in [0.4, 0.5) is 0 Å². The minimum absolute atomic E-state index is 0.361. The number of carbonyl (C=O) groups is 2. The predicted molar refractivity (Wildman–Crippen MR) is 87.8 cm³/mol. The summed E-state index contributed by atoms with van der Waals surface area (Å²) in [5, 5.41) is 0. The molecule has 2 aromatic rings. The number of aldehydes is 1. The fourth-order valence-electron chi connectivity index (χ4n) is 2.06. The summed E-state index contributed by atoms with van der Waals surface area (Å²) in [6, 6.07) is 13.1. The summed E-state index contributed by atoms with van der Waals surface area (Å²) in [7, 11) is 1.36. The van der Waals surface area contributed by atoms with Crippen LogP contribution in [0, 0.1) is 0 Å². The molecule has 4 heteroatoms. The average Bonchev–Trinajstić information content (AvgIpc) is 2.54. The second-order valence-electron chi connectivity index (χ2n) is 5.16. The highest BCUT2D eigenvalue weighted by atomic mass is 32.2. The summed E-state index contributed by atoms with van der Waals surface area (Å²) in [6.07, 6.45) is 0.856. The zero-order chi connectivity index (χ0) is 16.1. The first-order valence-corrected chi connectivity index (χ1v) is 7.82. The molecule has 0 fully saturated rings. The van der Waals surface area contributed by atoms with Crippen LogP contribution >= 0.6 is 11.8 Å². The van der Waals surface area contributed by atoms with Gasteiger partial charge in [0.2, 0.25) is 0 Å². The molecule has 0 saturated carbocycles. The number of esters is 1. The standard InChI is InChI=1S/C18H18O3S/c1-12(2)13-8-9-16(14(10-13)11-19)22-17-7-5-4-6-15(17)18(20)21-3/h4-12H,1-3H3. The monoisotopic (exact) mass is 314 g/mol. The van der Waals surface area contributed by atoms with E-state index in [4.69, 9.17) is 4.74 Å². The molecule has 0 unspecified atom stereocenters. The van der Waals surface area contributed by atoms with Crippen molar-refractivity contribution < 1.29 is 14.3 Å². The third-order valence-corrected chi connectivity index (χ3v) is 4.51. The van der Waals surface area contributed by atoms with Crippen molar-refractivity contribution in [3.63, 3.8) is 0 Å². The molecule has 0 amide bonds. The predicted octanol–water partition coefficient (Wildman–Crippen LogP) is 4.56. The summed E-state index contributed by atoms with van der Waals surface area (Å²) in [5.41, 5.74) is 2.25. The highest BCUT2D eigenvalue weighted by Gasteiger charge is 2.14. The lowest BCUT2D eigenvalue weighted by Gasteiger charge is -2.11. The van der Waals surface area contributed by atoms with Gasteiger partial charge in [-0.2, -0.15) is 0 Å². The molecule has 0 aliphatic carbocycles. The first kappa shape index (κ1) is 16.3. The zero-order valence-electron chi connectivity index (χ0n) is 12.8. The Morgan fingerprint density at radius 2 is 1.86 bits per heavy atom. The van der Waals surface area contributed by atoms with E-state index in [1.807, 2.05) is 30.3 Å². The van der Waals surface area contributed by atoms with Gasteiger partial charge in [-0.15, -0.1) is 0 Å². The summed E-state index contributed by atoms with van der Waals surface area (Å²) < 4.78 is 4.80. The van der Waals surface area contributed by atoms with E-state index in [0.717, 1.165) is 21.6 Å². The molecule has 22 heavy (non-hydrogen) atoms. The fourth-order valence-corrected chi connectivity index (χ4v) is 3.07. The van der Waals surface area contributed by atoms with Gasteiger partial charge in [-0.25, -0.2) is 4.79 Å². The van der Waals surface area contributed by atoms with Gasteiger partial charge in [0.05, 0.1) is 12.7 Å². The maximum Gasteiger partial charge on any atom is 0.339 e. The second-order valence-corrected chi connectivity index (χ2v) is 6.24. The van der Waals surface area contributed by atoms with Crippen molar-refractivity contribution >= 4 is 24.0 Å². The summed E-state index contributed by atoms with van der Waals surface area (Å²) in [6.45, 7) is 4.17. The molecule has 3 nitrogen and oxygen atoms in total. The van der Waals surface area contributed by atoms with Gasteiger partial charge in [0.25, 0.3) is 0 Å². The molecule has 0 N–H and O–H groups in total. The molecule has 2 rings (SSSR count). The highest BCUT2D eigenvalue weighted by molar-refractivity contribution is 7.99. The van der Waals surface area contributed by atoms with Crippen molar-refractivity contribution in [3.05, 3.63) is 59.2 Å². The Bertz CT molecular complexity index is 692. The maximum absolute atomic E-state index is 11.8. The van der Waals surface area contributed by atoms with Crippen LogP contribution in [0.1, 0.15) is 46.0 Å². The number of ether oxygens (including phenoxy) is 1. The third kappa shape index (κ3) is 3.57. The molecular weight excluding hydrogens is 296 g/mol. The molecule has 0 aliphatic rings. The Kier molecular flexibility index (Phi) is 5.39. The van der Waals surface area contributed by atoms with E-state index in [1.54, 1.807) is 12.1 Å². The summed E-state index contributed by atoms with van der Waals surface area (Å²) in [5.74, 6) is -0.0188. The number of carbonyl (C=O) groups excluding carboxylic acids is 2. The van der Waals surface area contributed by atoms with Crippen molar-refractivity contribution in [1.29, 1.82) is 0 Å². The quantitative estimate of drug-likeness (QED) is 0.599. The lowest BCUT2D eigenvalue weighted by Crippen LogP contribution is -2.02. The van der Waals surface area contributed by atoms with Gasteiger partial charge in [-0.3, -0.25) is 4.79 Å². The lowest BCUT2D eigenvalue weighted by molar-refractivity contribution is 0.0596. The molecule has 0 atom stereocenters. The smallest absolute Gasteiger partial charge is 0.339 e. The van der Waals surface area contributed by atoms with Gasteiger partial charge in [0.1, 0.15) is 0 Å². The van der Waals surface area contributed by atoms with E-state index >= 15 is 0 Å². The molecule has 0 aromatic heterocycles. The van der Waals surface area contributed by atoms with Crippen molar-refractivity contribution in [2.75, 3.05) is 7.11 Å². The van der Waals surface area contributed by atoms with Gasteiger partial charge in [0.15, 0.2) is 6.29 Å². The van der Waals surface area contributed by atoms with Crippen molar-refractivity contribution in [1.82, 2.24) is 0 Å². The maximum atomic E-state index is 11.8. The topological polar surface area (TPSA) is 43.4 Å². The van der Waals surface area contributed by atoms with E-state index in [1.165, 1.54) is 18.9 Å². The summed E-state index contributed by atoms with van der Waals surface area (Å²) >= 11 is 1.40. The third-order valence-electron chi connectivity index (χ3n) is 3.34. The van der Waals surface area contributed by atoms with Gasteiger partial charge in [-0.1, -0.05) is 43.8 Å². The molecule has 0 aliphatic heterocycles. The first-order valence-electron chi connectivity index (χ1n) is 7.01. The van der Waals surface area contributed by atoms with Crippen molar-refractivity contribution in [2.45, 2.75) is 29.6 Å². The van der Waals surface area contributed by atoms with E-state index < -0.39 is 0 Å². The zero-order valence-corrected chi connectivity index (χ0v) is 13.6. The van der Waals surface area contributed by atoms with Gasteiger partial charge in [0, 0.05) is 15.4 Å². The largest absolute Gasteiger partial charge is 0.465 e. The van der Waals surface area contributed by atoms with E-state index in [2.05, 4.69) is 13.8 Å². The SMILES string of the molecule is COC(=O)c1ccccc1Sc1ccc(C(C)C)cc1C=O. The Morgan fingerprint density at radius 1 is 1.14 bits per heavy atom. The minimum Gasteiger partial charge on any atom is -0.465 e. The van der Waals surface area contributed by atoms with Crippen LogP contribution in [0.5, 0.6) is 0 Å². The molecular formula is C18H18O3S. The minimum atomic E-state index is -0.380. The second kappa shape index (κ2) is 7.27. The molecule has 2 aromatic carbocycles. The lowest BCUT2D eigenvalue weighted by atomic mass is 10.0. The van der Waals surface area contributed by atoms with Crippen LogP contribution in [0.15, 0.2) is 52.3 Å². The van der Waals surface area contributed by atoms with Crippen LogP contribution in [-0.4, -0.2) is 19.4 Å². The fraction of sp³-hybridized carbons (Fsp3) is 0.222. The van der Waals surface area contributed by atoms with Crippen LogP contribution in [0.2, 0.25) is 0 Å². The Morgan fingerprint density at radius 3 is 2.50 bits per heavy atom. The molecule has 0 spiro atoms. The molecule has 0 bridgehead atoms. The molecule has 114 valence electrons. The van der Waals surface area contributed by atoms with E-state index in [-0.39, 0.29) is 5.97 Å². The Labute approximate surface area is 134 Å². The van der Waals surface area contributed by atoms with Crippen LogP contribution < -0.4 is 0 Å². The Balaban J connectivity index is 2.39. The molecule has 0 radical (unpaired) electrons. The number of hydrogen-bond acceptors (Lipinski definition) is 4. The molecule has 0 saturated heterocycles. The first-order chi connectivity index (χ1) is 10.6. The van der Waals surface area contributed by atoms with Gasteiger partial charge in [-0.05, 0) is 35.7 Å². The van der Waals surface area contributed by atoms with Crippen LogP contribution in [0.25, 0.3) is 0 Å². The van der Waals surface area contributed by atoms with Gasteiger partial charge < -0.3 is 4.74 Å². The number of methoxy groups -OCH3 is 1.